The molecule has 0 atom stereocenters. The van der Waals surface area contributed by atoms with Crippen LogP contribution in [0.3, 0.4) is 0 Å². The van der Waals surface area contributed by atoms with Crippen molar-refractivity contribution in [2.24, 2.45) is 11.0 Å². The second-order valence-corrected chi connectivity index (χ2v) is 6.37. The van der Waals surface area contributed by atoms with Crippen molar-refractivity contribution in [3.8, 4) is 11.4 Å². The Balaban J connectivity index is 1.68. The van der Waals surface area contributed by atoms with Gasteiger partial charge in [0.2, 0.25) is 0 Å². The summed E-state index contributed by atoms with van der Waals surface area (Å²) in [7, 11) is -3.10. The van der Waals surface area contributed by atoms with Gasteiger partial charge in [0.1, 0.15) is 5.75 Å². The molecule has 0 saturated carbocycles. The average molecular weight is 309 g/mol. The lowest BCUT2D eigenvalue weighted by Crippen LogP contribution is -2.23. The zero-order valence-electron chi connectivity index (χ0n) is 11.7. The number of nitrogens with zero attached hydrogens (tertiary/aromatic N) is 2. The number of nitrogens with two attached hydrogens (primary N) is 2. The number of aromatic nitrogens is 2. The van der Waals surface area contributed by atoms with Crippen molar-refractivity contribution in [2.45, 2.75) is 12.8 Å². The third-order valence-corrected chi connectivity index (χ3v) is 3.56. The number of hydrogen-bond donors (Lipinski definition) is 3. The van der Waals surface area contributed by atoms with Crippen molar-refractivity contribution >= 4 is 7.59 Å². The van der Waals surface area contributed by atoms with Gasteiger partial charge in [-0.25, -0.2) is 10.1 Å². The van der Waals surface area contributed by atoms with Crippen LogP contribution in [0.2, 0.25) is 0 Å². The first kappa shape index (κ1) is 15.7. The van der Waals surface area contributed by atoms with Crippen molar-refractivity contribution < 1.29 is 9.30 Å². The van der Waals surface area contributed by atoms with E-state index in [-0.39, 0.29) is 0 Å². The molecule has 0 aliphatic rings. The van der Waals surface area contributed by atoms with Gasteiger partial charge in [0, 0.05) is 24.6 Å². The molecule has 0 aliphatic heterocycles. The molecule has 1 aromatic heterocycles. The van der Waals surface area contributed by atoms with Gasteiger partial charge < -0.3 is 9.30 Å². The second kappa shape index (κ2) is 7.38. The monoisotopic (exact) mass is 309 g/mol. The Kier molecular flexibility index (Phi) is 5.52. The lowest BCUT2D eigenvalue weighted by Gasteiger charge is -2.09. The Hall–Kier alpha value is -1.66. The zero-order valence-corrected chi connectivity index (χ0v) is 12.6. The van der Waals surface area contributed by atoms with Crippen molar-refractivity contribution in [3.63, 3.8) is 0 Å². The number of rotatable bonds is 8. The van der Waals surface area contributed by atoms with E-state index >= 15 is 0 Å². The Morgan fingerprint density at radius 1 is 1.24 bits per heavy atom. The molecule has 7 nitrogen and oxygen atoms in total. The highest BCUT2D eigenvalue weighted by Crippen LogP contribution is 2.17. The van der Waals surface area contributed by atoms with Gasteiger partial charge in [-0.3, -0.25) is 15.6 Å². The van der Waals surface area contributed by atoms with E-state index < -0.39 is 7.59 Å². The van der Waals surface area contributed by atoms with Crippen molar-refractivity contribution in [1.82, 2.24) is 14.6 Å². The minimum atomic E-state index is -3.10. The fraction of sp³-hybridized carbons (Fsp3) is 0.308. The first-order chi connectivity index (χ1) is 10.0. The average Bonchev–Trinajstić information content (AvgIpc) is 2.96. The molecular weight excluding hydrogens is 289 g/mol. The number of unbranched alkanes of at least 4 members (excludes halogenated alkanes) is 1. The Morgan fingerprint density at radius 3 is 2.62 bits per heavy atom. The smallest absolute Gasteiger partial charge is 0.273 e. The van der Waals surface area contributed by atoms with Crippen molar-refractivity contribution in [1.29, 1.82) is 0 Å². The van der Waals surface area contributed by atoms with E-state index in [0.717, 1.165) is 24.3 Å². The highest BCUT2D eigenvalue weighted by molar-refractivity contribution is 7.56. The van der Waals surface area contributed by atoms with Crippen molar-refractivity contribution in [3.05, 3.63) is 43.0 Å². The summed E-state index contributed by atoms with van der Waals surface area (Å²) in [6, 6.07) is 7.78. The highest BCUT2D eigenvalue weighted by Gasteiger charge is 2.05. The van der Waals surface area contributed by atoms with Crippen LogP contribution in [-0.4, -0.2) is 22.7 Å². The van der Waals surface area contributed by atoms with Gasteiger partial charge >= 0.3 is 0 Å². The van der Waals surface area contributed by atoms with Crippen LogP contribution in [0.5, 0.6) is 5.75 Å². The van der Waals surface area contributed by atoms with Crippen molar-refractivity contribution in [2.75, 3.05) is 13.2 Å². The molecule has 0 fully saturated rings. The maximum atomic E-state index is 11.0. The lowest BCUT2D eigenvalue weighted by atomic mass is 10.3. The molecule has 0 radical (unpaired) electrons. The molecular formula is C13H20N5O2P. The van der Waals surface area contributed by atoms with E-state index in [1.54, 1.807) is 12.5 Å². The summed E-state index contributed by atoms with van der Waals surface area (Å²) in [4.78, 5) is 4.00. The molecule has 0 aliphatic carbocycles. The third kappa shape index (κ3) is 5.69. The quantitative estimate of drug-likeness (QED) is 0.505. The zero-order chi connectivity index (χ0) is 15.1. The van der Waals surface area contributed by atoms with Gasteiger partial charge in [-0.05, 0) is 37.1 Å². The summed E-state index contributed by atoms with van der Waals surface area (Å²) in [5.74, 6) is 0.815. The standard InChI is InChI=1S/C13H20N5O2P/c14-21(15,19)17-7-1-2-10-20-13-5-3-12(4-6-13)18-9-8-16-11-18/h3-6,8-9,11H,1-2,7,10H2,(H5,14,15,17,19). The second-order valence-electron chi connectivity index (χ2n) is 4.64. The van der Waals surface area contributed by atoms with Crippen LogP contribution in [0, 0.1) is 0 Å². The van der Waals surface area contributed by atoms with Gasteiger partial charge in [-0.1, -0.05) is 0 Å². The van der Waals surface area contributed by atoms with Gasteiger partial charge in [0.15, 0.2) is 0 Å². The van der Waals surface area contributed by atoms with Crippen LogP contribution < -0.4 is 20.8 Å². The molecule has 0 saturated heterocycles. The number of imidazole rings is 1. The largest absolute Gasteiger partial charge is 0.494 e. The number of hydrogen-bond acceptors (Lipinski definition) is 3. The molecule has 1 heterocycles. The highest BCUT2D eigenvalue weighted by atomic mass is 31.2. The molecule has 2 aromatic rings. The predicted octanol–water partition coefficient (Wildman–Crippen LogP) is 1.65. The summed E-state index contributed by atoms with van der Waals surface area (Å²) in [5, 5.41) is 2.59. The predicted molar refractivity (Wildman–Crippen MR) is 82.3 cm³/mol. The molecule has 114 valence electrons. The molecule has 0 spiro atoms. The Morgan fingerprint density at radius 2 is 2.00 bits per heavy atom. The van der Waals surface area contributed by atoms with Crippen LogP contribution in [-0.2, 0) is 4.57 Å². The summed E-state index contributed by atoms with van der Waals surface area (Å²) < 4.78 is 18.6. The first-order valence-electron chi connectivity index (χ1n) is 6.68. The van der Waals surface area contributed by atoms with E-state index in [2.05, 4.69) is 10.1 Å². The van der Waals surface area contributed by atoms with E-state index in [4.69, 9.17) is 15.7 Å². The molecule has 2 rings (SSSR count). The SMILES string of the molecule is NP(N)(=O)NCCCCOc1ccc(-n2ccnc2)cc1. The molecule has 0 unspecified atom stereocenters. The summed E-state index contributed by atoms with van der Waals surface area (Å²) in [6.07, 6.45) is 6.99. The maximum Gasteiger partial charge on any atom is 0.273 e. The fourth-order valence-electron chi connectivity index (χ4n) is 1.80. The van der Waals surface area contributed by atoms with Crippen LogP contribution in [0.4, 0.5) is 0 Å². The van der Waals surface area contributed by atoms with Crippen LogP contribution in [0.15, 0.2) is 43.0 Å². The van der Waals surface area contributed by atoms with Crippen LogP contribution in [0.1, 0.15) is 12.8 Å². The first-order valence-corrected chi connectivity index (χ1v) is 8.53. The van der Waals surface area contributed by atoms with E-state index in [0.29, 0.717) is 13.2 Å². The summed E-state index contributed by atoms with van der Waals surface area (Å²) in [6.45, 7) is 1.11. The summed E-state index contributed by atoms with van der Waals surface area (Å²) in [5.41, 5.74) is 11.4. The normalized spacial score (nSPS) is 11.5. The molecule has 0 bridgehead atoms. The van der Waals surface area contributed by atoms with Gasteiger partial charge in [0.05, 0.1) is 12.9 Å². The summed E-state index contributed by atoms with van der Waals surface area (Å²) >= 11 is 0. The molecule has 21 heavy (non-hydrogen) atoms. The van der Waals surface area contributed by atoms with Gasteiger partial charge in [-0.2, -0.15) is 0 Å². The topological polar surface area (TPSA) is 108 Å². The van der Waals surface area contributed by atoms with Gasteiger partial charge in [0.25, 0.3) is 7.59 Å². The fourth-order valence-corrected chi connectivity index (χ4v) is 2.30. The van der Waals surface area contributed by atoms with E-state index in [1.807, 2.05) is 35.0 Å². The Labute approximate surface area is 123 Å². The maximum absolute atomic E-state index is 11.0. The van der Waals surface area contributed by atoms with Gasteiger partial charge in [-0.15, -0.1) is 0 Å². The van der Waals surface area contributed by atoms with Crippen LogP contribution >= 0.6 is 7.59 Å². The lowest BCUT2D eigenvalue weighted by molar-refractivity contribution is 0.307. The van der Waals surface area contributed by atoms with E-state index in [9.17, 15) is 4.57 Å². The molecule has 8 heteroatoms. The van der Waals surface area contributed by atoms with E-state index in [1.165, 1.54) is 0 Å². The number of benzene rings is 1. The number of nitrogens with one attached hydrogen (secondary N) is 1. The Bertz CT molecular complexity index is 579. The molecule has 5 N–H and O–H groups in total. The van der Waals surface area contributed by atoms with Crippen LogP contribution in [0.25, 0.3) is 5.69 Å². The third-order valence-electron chi connectivity index (χ3n) is 2.84. The number of ether oxygens (including phenoxy) is 1. The minimum absolute atomic E-state index is 0.521. The molecule has 1 aromatic carbocycles. The molecule has 0 amide bonds. The minimum Gasteiger partial charge on any atom is -0.494 e.